The molecule has 1 N–H and O–H groups in total. The van der Waals surface area contributed by atoms with E-state index in [1.165, 1.54) is 16.2 Å². The number of nitrogens with one attached hydrogen (secondary N) is 1. The molecule has 0 aliphatic rings. The van der Waals surface area contributed by atoms with E-state index >= 15 is 0 Å². The van der Waals surface area contributed by atoms with Crippen molar-refractivity contribution in [1.82, 2.24) is 10.3 Å². The molecule has 90 valence electrons. The molecule has 17 heavy (non-hydrogen) atoms. The number of aromatic nitrogens is 1. The van der Waals surface area contributed by atoms with Crippen molar-refractivity contribution in [2.45, 2.75) is 19.9 Å². The molecule has 0 spiro atoms. The van der Waals surface area contributed by atoms with Crippen molar-refractivity contribution in [3.05, 3.63) is 36.9 Å². The van der Waals surface area contributed by atoms with Gasteiger partial charge < -0.3 is 5.32 Å². The fraction of sp³-hybridized carbons (Fsp3) is 0.273. The van der Waals surface area contributed by atoms with Gasteiger partial charge in [-0.05, 0) is 33.8 Å². The van der Waals surface area contributed by atoms with Crippen LogP contribution >= 0.6 is 38.6 Å². The zero-order valence-electron chi connectivity index (χ0n) is 9.20. The highest BCUT2D eigenvalue weighted by molar-refractivity contribution is 9.10. The van der Waals surface area contributed by atoms with Crippen LogP contribution in [-0.2, 0) is 13.0 Å². The number of halogens is 1. The van der Waals surface area contributed by atoms with E-state index in [-0.39, 0.29) is 5.91 Å². The molecule has 2 heterocycles. The molecule has 0 aliphatic carbocycles. The summed E-state index contributed by atoms with van der Waals surface area (Å²) in [5, 5.41) is 5.70. The van der Waals surface area contributed by atoms with Crippen molar-refractivity contribution in [2.24, 2.45) is 0 Å². The summed E-state index contributed by atoms with van der Waals surface area (Å²) in [5.41, 5.74) is 0. The first-order valence-corrected chi connectivity index (χ1v) is 7.64. The fourth-order valence-electron chi connectivity index (χ4n) is 1.29. The summed E-state index contributed by atoms with van der Waals surface area (Å²) < 4.78 is 0.841. The Hall–Kier alpha value is -0.720. The zero-order valence-corrected chi connectivity index (χ0v) is 12.4. The number of aryl methyl sites for hydroxylation is 1. The Morgan fingerprint density at radius 2 is 2.41 bits per heavy atom. The summed E-state index contributed by atoms with van der Waals surface area (Å²) >= 11 is 6.41. The maximum atomic E-state index is 11.8. The molecule has 2 aromatic rings. The van der Waals surface area contributed by atoms with Crippen LogP contribution in [0.25, 0.3) is 0 Å². The van der Waals surface area contributed by atoms with Crippen molar-refractivity contribution in [3.63, 3.8) is 0 Å². The van der Waals surface area contributed by atoms with E-state index in [2.05, 4.69) is 33.2 Å². The molecule has 0 atom stereocenters. The summed E-state index contributed by atoms with van der Waals surface area (Å²) in [6, 6.07) is 1.87. The Balaban J connectivity index is 1.94. The van der Waals surface area contributed by atoms with E-state index in [1.54, 1.807) is 11.3 Å². The SMILES string of the molecule is CCc1cnc(CNC(=O)c2sccc2Br)s1. The van der Waals surface area contributed by atoms with Crippen LogP contribution in [0, 0.1) is 0 Å². The molecule has 0 fully saturated rings. The molecular weight excluding hydrogens is 320 g/mol. The highest BCUT2D eigenvalue weighted by atomic mass is 79.9. The molecule has 6 heteroatoms. The van der Waals surface area contributed by atoms with E-state index < -0.39 is 0 Å². The molecule has 2 aromatic heterocycles. The molecule has 0 bridgehead atoms. The highest BCUT2D eigenvalue weighted by Gasteiger charge is 2.11. The predicted octanol–water partition coefficient (Wildman–Crippen LogP) is 3.46. The molecule has 0 unspecified atom stereocenters. The van der Waals surface area contributed by atoms with Crippen molar-refractivity contribution in [3.8, 4) is 0 Å². The maximum absolute atomic E-state index is 11.8. The number of rotatable bonds is 4. The van der Waals surface area contributed by atoms with Crippen molar-refractivity contribution in [1.29, 1.82) is 0 Å². The molecule has 0 aromatic carbocycles. The van der Waals surface area contributed by atoms with Gasteiger partial charge in [-0.3, -0.25) is 4.79 Å². The third-order valence-electron chi connectivity index (χ3n) is 2.17. The van der Waals surface area contributed by atoms with Crippen LogP contribution in [-0.4, -0.2) is 10.9 Å². The topological polar surface area (TPSA) is 42.0 Å². The Labute approximate surface area is 116 Å². The Morgan fingerprint density at radius 1 is 1.59 bits per heavy atom. The molecule has 0 saturated carbocycles. The lowest BCUT2D eigenvalue weighted by Crippen LogP contribution is -2.21. The van der Waals surface area contributed by atoms with Gasteiger partial charge in [0.2, 0.25) is 0 Å². The van der Waals surface area contributed by atoms with Crippen LogP contribution < -0.4 is 5.32 Å². The van der Waals surface area contributed by atoms with Gasteiger partial charge in [-0.25, -0.2) is 4.98 Å². The van der Waals surface area contributed by atoms with Crippen LogP contribution in [0.3, 0.4) is 0 Å². The molecule has 0 saturated heterocycles. The largest absolute Gasteiger partial charge is 0.345 e. The number of amides is 1. The average Bonchev–Trinajstić information content (AvgIpc) is 2.94. The monoisotopic (exact) mass is 330 g/mol. The summed E-state index contributed by atoms with van der Waals surface area (Å²) in [5.74, 6) is -0.0554. The average molecular weight is 331 g/mol. The standard InChI is InChI=1S/C11H11BrN2OS2/c1-2-7-5-13-9(17-7)6-14-11(15)10-8(12)3-4-16-10/h3-5H,2,6H2,1H3,(H,14,15). The number of thiazole rings is 1. The zero-order chi connectivity index (χ0) is 12.3. The Morgan fingerprint density at radius 3 is 3.00 bits per heavy atom. The van der Waals surface area contributed by atoms with Gasteiger partial charge in [0.25, 0.3) is 5.91 Å². The van der Waals surface area contributed by atoms with Crippen LogP contribution in [0.2, 0.25) is 0 Å². The number of hydrogen-bond acceptors (Lipinski definition) is 4. The molecule has 3 nitrogen and oxygen atoms in total. The van der Waals surface area contributed by atoms with Crippen molar-refractivity contribution >= 4 is 44.5 Å². The van der Waals surface area contributed by atoms with Crippen molar-refractivity contribution < 1.29 is 4.79 Å². The van der Waals surface area contributed by atoms with E-state index in [4.69, 9.17) is 0 Å². The van der Waals surface area contributed by atoms with Gasteiger partial charge in [-0.2, -0.15) is 0 Å². The second-order valence-electron chi connectivity index (χ2n) is 3.35. The summed E-state index contributed by atoms with van der Waals surface area (Å²) in [6.07, 6.45) is 2.86. The van der Waals surface area contributed by atoms with Crippen LogP contribution in [0.4, 0.5) is 0 Å². The molecule has 0 radical (unpaired) electrons. The van der Waals surface area contributed by atoms with Gasteiger partial charge in [0, 0.05) is 15.5 Å². The van der Waals surface area contributed by atoms with Gasteiger partial charge in [-0.15, -0.1) is 22.7 Å². The normalized spacial score (nSPS) is 10.5. The lowest BCUT2D eigenvalue weighted by Gasteiger charge is -2.01. The Bertz CT molecular complexity index is 521. The summed E-state index contributed by atoms with van der Waals surface area (Å²) in [4.78, 5) is 18.0. The van der Waals surface area contributed by atoms with E-state index in [0.29, 0.717) is 11.4 Å². The summed E-state index contributed by atoms with van der Waals surface area (Å²) in [7, 11) is 0. The summed E-state index contributed by atoms with van der Waals surface area (Å²) in [6.45, 7) is 2.59. The maximum Gasteiger partial charge on any atom is 0.262 e. The number of hydrogen-bond donors (Lipinski definition) is 1. The lowest BCUT2D eigenvalue weighted by atomic mass is 10.4. The quantitative estimate of drug-likeness (QED) is 0.932. The first kappa shape index (κ1) is 12.7. The predicted molar refractivity (Wildman–Crippen MR) is 74.7 cm³/mol. The molecular formula is C11H11BrN2OS2. The number of carbonyl (C=O) groups is 1. The van der Waals surface area contributed by atoms with E-state index in [0.717, 1.165) is 15.9 Å². The third-order valence-corrected chi connectivity index (χ3v) is 5.15. The van der Waals surface area contributed by atoms with Gasteiger partial charge >= 0.3 is 0 Å². The second kappa shape index (κ2) is 5.75. The Kier molecular flexibility index (Phi) is 4.31. The van der Waals surface area contributed by atoms with Crippen molar-refractivity contribution in [2.75, 3.05) is 0 Å². The number of thiophene rings is 1. The van der Waals surface area contributed by atoms with Crippen LogP contribution in [0.1, 0.15) is 26.5 Å². The molecule has 0 aliphatic heterocycles. The minimum Gasteiger partial charge on any atom is -0.345 e. The first-order chi connectivity index (χ1) is 8.20. The minimum atomic E-state index is -0.0554. The fourth-order valence-corrected chi connectivity index (χ4v) is 3.55. The number of carbonyl (C=O) groups excluding carboxylic acids is 1. The van der Waals surface area contributed by atoms with E-state index in [1.807, 2.05) is 17.6 Å². The smallest absolute Gasteiger partial charge is 0.262 e. The van der Waals surface area contributed by atoms with Gasteiger partial charge in [0.05, 0.1) is 6.54 Å². The van der Waals surface area contributed by atoms with Crippen LogP contribution in [0.5, 0.6) is 0 Å². The molecule has 1 amide bonds. The molecule has 2 rings (SSSR count). The van der Waals surface area contributed by atoms with E-state index in [9.17, 15) is 4.79 Å². The van der Waals surface area contributed by atoms with Gasteiger partial charge in [0.15, 0.2) is 0 Å². The third kappa shape index (κ3) is 3.14. The van der Waals surface area contributed by atoms with Gasteiger partial charge in [-0.1, -0.05) is 6.92 Å². The van der Waals surface area contributed by atoms with Crippen LogP contribution in [0.15, 0.2) is 22.1 Å². The van der Waals surface area contributed by atoms with Gasteiger partial charge in [0.1, 0.15) is 9.88 Å². The lowest BCUT2D eigenvalue weighted by molar-refractivity contribution is 0.0954. The minimum absolute atomic E-state index is 0.0554. The highest BCUT2D eigenvalue weighted by Crippen LogP contribution is 2.22. The first-order valence-electron chi connectivity index (χ1n) is 5.15. The second-order valence-corrected chi connectivity index (χ2v) is 6.32. The number of nitrogens with zero attached hydrogens (tertiary/aromatic N) is 1.